The number of nitrogens with zero attached hydrogens (tertiary/aromatic N) is 6. The highest BCUT2D eigenvalue weighted by molar-refractivity contribution is 6.28. The third kappa shape index (κ3) is 4.45. The van der Waals surface area contributed by atoms with E-state index >= 15 is 0 Å². The van der Waals surface area contributed by atoms with Gasteiger partial charge in [0.05, 0.1) is 20.4 Å². The van der Waals surface area contributed by atoms with Gasteiger partial charge in [-0.05, 0) is 23.7 Å². The molecular formula is C17H14ClFN6O2. The topological polar surface area (TPSA) is 87.3 Å². The van der Waals surface area contributed by atoms with E-state index in [1.54, 1.807) is 35.0 Å². The molecule has 0 saturated carbocycles. The Morgan fingerprint density at radius 1 is 0.926 bits per heavy atom. The van der Waals surface area contributed by atoms with E-state index < -0.39 is 0 Å². The van der Waals surface area contributed by atoms with Crippen molar-refractivity contribution in [2.24, 2.45) is 0 Å². The number of halogens is 2. The van der Waals surface area contributed by atoms with Gasteiger partial charge >= 0.3 is 0 Å². The minimum Gasteiger partial charge on any atom is -0.481 e. The van der Waals surface area contributed by atoms with E-state index in [1.807, 2.05) is 0 Å². The summed E-state index contributed by atoms with van der Waals surface area (Å²) in [4.78, 5) is 19.9. The molecule has 0 aliphatic heterocycles. The molecule has 0 aromatic carbocycles. The molecule has 0 aliphatic carbocycles. The molecule has 4 heterocycles. The van der Waals surface area contributed by atoms with Gasteiger partial charge in [-0.1, -0.05) is 0 Å². The predicted molar refractivity (Wildman–Crippen MR) is 96.3 cm³/mol. The van der Waals surface area contributed by atoms with Crippen molar-refractivity contribution in [2.75, 3.05) is 14.2 Å². The zero-order chi connectivity index (χ0) is 19.2. The maximum atomic E-state index is 13.2. The smallest absolute Gasteiger partial charge is 0.225 e. The molecule has 0 aliphatic rings. The van der Waals surface area contributed by atoms with Crippen LogP contribution in [0.15, 0.2) is 49.1 Å². The third-order valence-electron chi connectivity index (χ3n) is 3.35. The average Bonchev–Trinajstić information content (AvgIpc) is 3.11. The zero-order valence-electron chi connectivity index (χ0n) is 14.4. The van der Waals surface area contributed by atoms with E-state index in [0.717, 1.165) is 0 Å². The lowest BCUT2D eigenvalue weighted by Gasteiger charge is -2.02. The summed E-state index contributed by atoms with van der Waals surface area (Å²) >= 11 is 5.42. The molecule has 27 heavy (non-hydrogen) atoms. The number of methoxy groups -OCH3 is 2. The van der Waals surface area contributed by atoms with Crippen LogP contribution in [0.2, 0.25) is 5.28 Å². The number of fused-ring (bicyclic) bond motifs is 1. The summed E-state index contributed by atoms with van der Waals surface area (Å²) in [7, 11) is 3.05. The minimum absolute atomic E-state index is 0.203. The van der Waals surface area contributed by atoms with Crippen LogP contribution in [0.4, 0.5) is 4.39 Å². The van der Waals surface area contributed by atoms with Gasteiger partial charge in [0.15, 0.2) is 5.82 Å². The summed E-state index contributed by atoms with van der Waals surface area (Å²) in [5.41, 5.74) is 1.25. The van der Waals surface area contributed by atoms with Gasteiger partial charge in [-0.2, -0.15) is 9.97 Å². The Morgan fingerprint density at radius 3 is 2.30 bits per heavy atom. The van der Waals surface area contributed by atoms with Crippen LogP contribution in [0.25, 0.3) is 17.2 Å². The molecule has 4 aromatic heterocycles. The first-order valence-electron chi connectivity index (χ1n) is 7.63. The molecule has 0 amide bonds. The van der Waals surface area contributed by atoms with Crippen LogP contribution < -0.4 is 9.47 Å². The minimum atomic E-state index is -0.343. The Morgan fingerprint density at radius 2 is 1.63 bits per heavy atom. The summed E-state index contributed by atoms with van der Waals surface area (Å²) in [6.07, 6.45) is 6.07. The highest BCUT2D eigenvalue weighted by atomic mass is 35.5. The maximum Gasteiger partial charge on any atom is 0.225 e. The fraction of sp³-hybridized carbons (Fsp3) is 0.118. The highest BCUT2D eigenvalue weighted by Gasteiger charge is 2.10. The molecule has 0 N–H and O–H groups in total. The van der Waals surface area contributed by atoms with E-state index in [0.29, 0.717) is 28.9 Å². The van der Waals surface area contributed by atoms with Gasteiger partial charge in [-0.15, -0.1) is 0 Å². The van der Waals surface area contributed by atoms with Gasteiger partial charge in [-0.25, -0.2) is 19.3 Å². The van der Waals surface area contributed by atoms with Gasteiger partial charge in [0, 0.05) is 30.7 Å². The molecule has 0 fully saturated rings. The molecule has 8 nitrogen and oxygen atoms in total. The summed E-state index contributed by atoms with van der Waals surface area (Å²) in [6, 6.07) is 6.23. The Kier molecular flexibility index (Phi) is 5.72. The standard InChI is InChI=1S/C12H9FN4O.C5H5ClN2O/c1-18-11-4-5-14-12(16-11)9-6-15-10-3-2-8(13)7-17(9)10;1-9-4-2-3-7-5(6)8-4/h2-7H,1H3;2-3H,1H3. The molecule has 138 valence electrons. The SMILES string of the molecule is COc1ccnc(-c2cnc3ccc(F)cn23)n1.COc1ccnc(Cl)n1. The van der Waals surface area contributed by atoms with Crippen molar-refractivity contribution < 1.29 is 13.9 Å². The van der Waals surface area contributed by atoms with Crippen molar-refractivity contribution in [3.8, 4) is 23.3 Å². The first-order valence-corrected chi connectivity index (χ1v) is 8.01. The molecule has 0 bridgehead atoms. The Bertz CT molecular complexity index is 1060. The maximum absolute atomic E-state index is 13.2. The normalized spacial score (nSPS) is 10.2. The first kappa shape index (κ1) is 18.5. The molecule has 4 aromatic rings. The monoisotopic (exact) mass is 388 g/mol. The van der Waals surface area contributed by atoms with E-state index in [4.69, 9.17) is 21.1 Å². The first-order chi connectivity index (χ1) is 13.1. The number of aromatic nitrogens is 6. The van der Waals surface area contributed by atoms with Crippen molar-refractivity contribution in [3.63, 3.8) is 0 Å². The fourth-order valence-electron chi connectivity index (χ4n) is 2.13. The van der Waals surface area contributed by atoms with Crippen molar-refractivity contribution in [3.05, 3.63) is 60.2 Å². The van der Waals surface area contributed by atoms with Crippen molar-refractivity contribution in [1.29, 1.82) is 0 Å². The lowest BCUT2D eigenvalue weighted by molar-refractivity contribution is 0.397. The summed E-state index contributed by atoms with van der Waals surface area (Å²) < 4.78 is 24.6. The van der Waals surface area contributed by atoms with Crippen LogP contribution in [0, 0.1) is 5.82 Å². The molecule has 0 spiro atoms. The molecular weight excluding hydrogens is 375 g/mol. The van der Waals surface area contributed by atoms with E-state index in [-0.39, 0.29) is 11.1 Å². The van der Waals surface area contributed by atoms with Crippen molar-refractivity contribution in [1.82, 2.24) is 29.3 Å². The second-order valence-electron chi connectivity index (χ2n) is 5.01. The highest BCUT2D eigenvalue weighted by Crippen LogP contribution is 2.19. The largest absolute Gasteiger partial charge is 0.481 e. The molecule has 0 saturated heterocycles. The number of pyridine rings is 1. The van der Waals surface area contributed by atoms with E-state index in [9.17, 15) is 4.39 Å². The van der Waals surface area contributed by atoms with Gasteiger partial charge in [0.1, 0.15) is 17.2 Å². The van der Waals surface area contributed by atoms with Crippen LogP contribution in [0.1, 0.15) is 0 Å². The number of hydrogen-bond acceptors (Lipinski definition) is 7. The second kappa shape index (κ2) is 8.37. The number of ether oxygens (including phenoxy) is 2. The number of hydrogen-bond donors (Lipinski definition) is 0. The summed E-state index contributed by atoms with van der Waals surface area (Å²) in [6.45, 7) is 0. The zero-order valence-corrected chi connectivity index (χ0v) is 15.1. The molecule has 0 atom stereocenters. The third-order valence-corrected chi connectivity index (χ3v) is 3.53. The van der Waals surface area contributed by atoms with Crippen molar-refractivity contribution >= 4 is 17.2 Å². The Labute approximate surface area is 158 Å². The van der Waals surface area contributed by atoms with Gasteiger partial charge in [0.25, 0.3) is 0 Å². The predicted octanol–water partition coefficient (Wildman–Crippen LogP) is 3.08. The second-order valence-corrected chi connectivity index (χ2v) is 5.35. The van der Waals surface area contributed by atoms with Crippen LogP contribution >= 0.6 is 11.6 Å². The van der Waals surface area contributed by atoms with E-state index in [2.05, 4.69) is 24.9 Å². The Hall–Kier alpha value is -3.33. The van der Waals surface area contributed by atoms with Crippen molar-refractivity contribution in [2.45, 2.75) is 0 Å². The molecule has 0 radical (unpaired) electrons. The molecule has 0 unspecified atom stereocenters. The quantitative estimate of drug-likeness (QED) is 0.498. The summed E-state index contributed by atoms with van der Waals surface area (Å²) in [5.74, 6) is 1.03. The van der Waals surface area contributed by atoms with E-state index in [1.165, 1.54) is 32.7 Å². The number of rotatable bonds is 3. The van der Waals surface area contributed by atoms with Crippen LogP contribution in [0.3, 0.4) is 0 Å². The van der Waals surface area contributed by atoms with Gasteiger partial charge in [-0.3, -0.25) is 4.40 Å². The average molecular weight is 389 g/mol. The molecule has 10 heteroatoms. The van der Waals surface area contributed by atoms with Gasteiger partial charge in [0.2, 0.25) is 17.0 Å². The van der Waals surface area contributed by atoms with Crippen LogP contribution in [-0.4, -0.2) is 43.5 Å². The number of imidazole rings is 1. The van der Waals surface area contributed by atoms with Gasteiger partial charge < -0.3 is 9.47 Å². The summed E-state index contributed by atoms with van der Waals surface area (Å²) in [5, 5.41) is 0.203. The van der Waals surface area contributed by atoms with Crippen LogP contribution in [-0.2, 0) is 0 Å². The Balaban J connectivity index is 0.000000197. The van der Waals surface area contributed by atoms with Crippen LogP contribution in [0.5, 0.6) is 11.8 Å². The lowest BCUT2D eigenvalue weighted by Crippen LogP contribution is -1.96. The lowest BCUT2D eigenvalue weighted by atomic mass is 10.4. The fourth-order valence-corrected chi connectivity index (χ4v) is 2.27. The molecule has 4 rings (SSSR count).